The zero-order chi connectivity index (χ0) is 14.4. The van der Waals surface area contributed by atoms with Gasteiger partial charge in [0.2, 0.25) is 0 Å². The first kappa shape index (κ1) is 14.6. The van der Waals surface area contributed by atoms with Crippen molar-refractivity contribution in [1.29, 1.82) is 0 Å². The largest absolute Gasteiger partial charge is 0.489 e. The Balaban J connectivity index is 1.91. The maximum absolute atomic E-state index is 5.81. The van der Waals surface area contributed by atoms with Crippen LogP contribution in [0.25, 0.3) is 0 Å². The van der Waals surface area contributed by atoms with Gasteiger partial charge >= 0.3 is 0 Å². The molecule has 2 aromatic rings. The van der Waals surface area contributed by atoms with Crippen LogP contribution in [0.5, 0.6) is 5.75 Å². The zero-order valence-corrected chi connectivity index (χ0v) is 12.5. The van der Waals surface area contributed by atoms with E-state index in [0.29, 0.717) is 12.5 Å². The molecule has 0 spiro atoms. The minimum Gasteiger partial charge on any atom is -0.489 e. The first-order chi connectivity index (χ1) is 9.69. The molecule has 0 heterocycles. The summed E-state index contributed by atoms with van der Waals surface area (Å²) in [5.74, 6) is 1.48. The summed E-state index contributed by atoms with van der Waals surface area (Å²) in [6.45, 7) is 5.91. The lowest BCUT2D eigenvalue weighted by molar-refractivity contribution is 0.306. The quantitative estimate of drug-likeness (QED) is 0.852. The summed E-state index contributed by atoms with van der Waals surface area (Å²) < 4.78 is 5.81. The van der Waals surface area contributed by atoms with E-state index in [1.54, 1.807) is 0 Å². The summed E-state index contributed by atoms with van der Waals surface area (Å²) in [6.07, 6.45) is 0. The topological polar surface area (TPSA) is 21.3 Å². The molecule has 0 aliphatic carbocycles. The van der Waals surface area contributed by atoms with Crippen LogP contribution in [-0.2, 0) is 13.2 Å². The molecule has 2 aromatic carbocycles. The van der Waals surface area contributed by atoms with Gasteiger partial charge in [-0.2, -0.15) is 0 Å². The molecule has 0 aliphatic rings. The highest BCUT2D eigenvalue weighted by atomic mass is 16.5. The van der Waals surface area contributed by atoms with Crippen LogP contribution in [-0.4, -0.2) is 7.05 Å². The van der Waals surface area contributed by atoms with Crippen molar-refractivity contribution in [3.05, 3.63) is 65.2 Å². The maximum atomic E-state index is 5.81. The monoisotopic (exact) mass is 269 g/mol. The molecular weight excluding hydrogens is 246 g/mol. The third kappa shape index (κ3) is 4.10. The second-order valence-electron chi connectivity index (χ2n) is 5.36. The Hall–Kier alpha value is -1.80. The molecule has 0 fully saturated rings. The van der Waals surface area contributed by atoms with Crippen molar-refractivity contribution in [3.63, 3.8) is 0 Å². The molecule has 0 atom stereocenters. The second kappa shape index (κ2) is 7.11. The number of nitrogens with one attached hydrogen (secondary N) is 1. The van der Waals surface area contributed by atoms with E-state index in [0.717, 1.165) is 12.3 Å². The van der Waals surface area contributed by atoms with Gasteiger partial charge in [0.15, 0.2) is 0 Å². The Morgan fingerprint density at radius 1 is 0.900 bits per heavy atom. The van der Waals surface area contributed by atoms with Gasteiger partial charge < -0.3 is 10.1 Å². The summed E-state index contributed by atoms with van der Waals surface area (Å²) in [4.78, 5) is 0. The van der Waals surface area contributed by atoms with Crippen molar-refractivity contribution in [2.45, 2.75) is 32.9 Å². The Labute approximate surface area is 121 Å². The van der Waals surface area contributed by atoms with Crippen molar-refractivity contribution in [1.82, 2.24) is 5.32 Å². The highest BCUT2D eigenvalue weighted by molar-refractivity contribution is 5.29. The Morgan fingerprint density at radius 3 is 2.05 bits per heavy atom. The van der Waals surface area contributed by atoms with Crippen molar-refractivity contribution in [3.8, 4) is 5.75 Å². The van der Waals surface area contributed by atoms with Crippen LogP contribution >= 0.6 is 0 Å². The van der Waals surface area contributed by atoms with Crippen molar-refractivity contribution in [2.75, 3.05) is 7.05 Å². The van der Waals surface area contributed by atoms with E-state index in [1.165, 1.54) is 16.7 Å². The van der Waals surface area contributed by atoms with Crippen LogP contribution in [0.2, 0.25) is 0 Å². The van der Waals surface area contributed by atoms with Crippen LogP contribution in [0.4, 0.5) is 0 Å². The molecule has 0 saturated carbocycles. The molecular formula is C18H23NO. The molecule has 0 aromatic heterocycles. The van der Waals surface area contributed by atoms with Gasteiger partial charge in [-0.05, 0) is 41.8 Å². The maximum Gasteiger partial charge on any atom is 0.119 e. The number of ether oxygens (including phenoxy) is 1. The molecule has 1 N–H and O–H groups in total. The summed E-state index contributed by atoms with van der Waals surface area (Å²) in [6, 6.07) is 16.9. The Morgan fingerprint density at radius 2 is 1.50 bits per heavy atom. The van der Waals surface area contributed by atoms with Crippen molar-refractivity contribution in [2.24, 2.45) is 0 Å². The standard InChI is InChI=1S/C18H23NO/c1-14(2)17-8-10-18(11-9-17)20-13-16-6-4-15(5-7-16)12-19-3/h4-11,14,19H,12-13H2,1-3H3. The third-order valence-electron chi connectivity index (χ3n) is 3.36. The minimum atomic E-state index is 0.559. The highest BCUT2D eigenvalue weighted by Gasteiger charge is 2.00. The Kier molecular flexibility index (Phi) is 5.19. The van der Waals surface area contributed by atoms with Gasteiger partial charge in [0, 0.05) is 6.54 Å². The summed E-state index contributed by atoms with van der Waals surface area (Å²) >= 11 is 0. The molecule has 0 amide bonds. The van der Waals surface area contributed by atoms with Gasteiger partial charge in [0.1, 0.15) is 12.4 Å². The van der Waals surface area contributed by atoms with Crippen LogP contribution in [0.1, 0.15) is 36.5 Å². The molecule has 0 saturated heterocycles. The van der Waals surface area contributed by atoms with E-state index >= 15 is 0 Å². The van der Waals surface area contributed by atoms with E-state index in [-0.39, 0.29) is 0 Å². The molecule has 0 unspecified atom stereocenters. The smallest absolute Gasteiger partial charge is 0.119 e. The van der Waals surface area contributed by atoms with E-state index in [4.69, 9.17) is 4.74 Å². The fraction of sp³-hybridized carbons (Fsp3) is 0.333. The molecule has 106 valence electrons. The average Bonchev–Trinajstić information content (AvgIpc) is 2.47. The van der Waals surface area contributed by atoms with E-state index in [2.05, 4.69) is 55.6 Å². The summed E-state index contributed by atoms with van der Waals surface area (Å²) in [5.41, 5.74) is 3.82. The first-order valence-electron chi connectivity index (χ1n) is 7.14. The predicted molar refractivity (Wildman–Crippen MR) is 84.1 cm³/mol. The Bertz CT molecular complexity index is 514. The minimum absolute atomic E-state index is 0.559. The molecule has 0 aliphatic heterocycles. The average molecular weight is 269 g/mol. The van der Waals surface area contributed by atoms with Crippen LogP contribution in [0, 0.1) is 0 Å². The number of benzene rings is 2. The SMILES string of the molecule is CNCc1ccc(COc2ccc(C(C)C)cc2)cc1. The van der Waals surface area contributed by atoms with Gasteiger partial charge in [-0.3, -0.25) is 0 Å². The van der Waals surface area contributed by atoms with E-state index in [1.807, 2.05) is 19.2 Å². The highest BCUT2D eigenvalue weighted by Crippen LogP contribution is 2.19. The first-order valence-corrected chi connectivity index (χ1v) is 7.14. The molecule has 0 bridgehead atoms. The van der Waals surface area contributed by atoms with Gasteiger partial charge in [-0.25, -0.2) is 0 Å². The number of rotatable bonds is 6. The van der Waals surface area contributed by atoms with Crippen LogP contribution < -0.4 is 10.1 Å². The fourth-order valence-corrected chi connectivity index (χ4v) is 2.07. The third-order valence-corrected chi connectivity index (χ3v) is 3.36. The van der Waals surface area contributed by atoms with Crippen LogP contribution in [0.3, 0.4) is 0 Å². The predicted octanol–water partition coefficient (Wildman–Crippen LogP) is 4.11. The fourth-order valence-electron chi connectivity index (χ4n) is 2.07. The van der Waals surface area contributed by atoms with Crippen molar-refractivity contribution >= 4 is 0 Å². The van der Waals surface area contributed by atoms with Crippen molar-refractivity contribution < 1.29 is 4.74 Å². The lowest BCUT2D eigenvalue weighted by Crippen LogP contribution is -2.05. The van der Waals surface area contributed by atoms with E-state index in [9.17, 15) is 0 Å². The molecule has 0 radical (unpaired) electrons. The lowest BCUT2D eigenvalue weighted by atomic mass is 10.0. The van der Waals surface area contributed by atoms with Gasteiger partial charge in [-0.1, -0.05) is 50.2 Å². The molecule has 2 nitrogen and oxygen atoms in total. The second-order valence-corrected chi connectivity index (χ2v) is 5.36. The zero-order valence-electron chi connectivity index (χ0n) is 12.5. The lowest BCUT2D eigenvalue weighted by Gasteiger charge is -2.09. The normalized spacial score (nSPS) is 10.8. The van der Waals surface area contributed by atoms with Crippen LogP contribution in [0.15, 0.2) is 48.5 Å². The van der Waals surface area contributed by atoms with Gasteiger partial charge in [0.25, 0.3) is 0 Å². The number of hydrogen-bond donors (Lipinski definition) is 1. The number of hydrogen-bond acceptors (Lipinski definition) is 2. The molecule has 2 heteroatoms. The summed E-state index contributed by atoms with van der Waals surface area (Å²) in [5, 5.41) is 3.14. The summed E-state index contributed by atoms with van der Waals surface area (Å²) in [7, 11) is 1.96. The molecule has 20 heavy (non-hydrogen) atoms. The van der Waals surface area contributed by atoms with Gasteiger partial charge in [-0.15, -0.1) is 0 Å². The molecule has 2 rings (SSSR count). The van der Waals surface area contributed by atoms with E-state index < -0.39 is 0 Å². The van der Waals surface area contributed by atoms with Gasteiger partial charge in [0.05, 0.1) is 0 Å².